The molecule has 0 saturated carbocycles. The van der Waals surface area contributed by atoms with Crippen LogP contribution in [0.2, 0.25) is 5.02 Å². The second-order valence-electron chi connectivity index (χ2n) is 3.92. The molecule has 0 radical (unpaired) electrons. The van der Waals surface area contributed by atoms with Crippen LogP contribution in [0.3, 0.4) is 0 Å². The SMILES string of the molecule is Nc1ccc(S(=O)(=O)Nc2ccc(F)cc2Br)c(Cl)c1. The van der Waals surface area contributed by atoms with Crippen molar-refractivity contribution in [2.24, 2.45) is 0 Å². The summed E-state index contributed by atoms with van der Waals surface area (Å²) in [6.07, 6.45) is 0. The fourth-order valence-electron chi connectivity index (χ4n) is 1.51. The van der Waals surface area contributed by atoms with Crippen molar-refractivity contribution in [1.82, 2.24) is 0 Å². The van der Waals surface area contributed by atoms with Gasteiger partial charge in [-0.2, -0.15) is 0 Å². The molecule has 0 heterocycles. The van der Waals surface area contributed by atoms with E-state index in [1.165, 1.54) is 24.3 Å². The number of nitrogens with two attached hydrogens (primary N) is 1. The lowest BCUT2D eigenvalue weighted by Gasteiger charge is -2.11. The van der Waals surface area contributed by atoms with E-state index in [0.717, 1.165) is 12.1 Å². The molecule has 0 saturated heterocycles. The molecule has 106 valence electrons. The van der Waals surface area contributed by atoms with E-state index < -0.39 is 15.8 Å². The van der Waals surface area contributed by atoms with Crippen LogP contribution in [0.4, 0.5) is 15.8 Å². The first-order chi connectivity index (χ1) is 9.29. The second kappa shape index (κ2) is 5.59. The van der Waals surface area contributed by atoms with Gasteiger partial charge in [0.1, 0.15) is 10.7 Å². The van der Waals surface area contributed by atoms with E-state index in [2.05, 4.69) is 20.7 Å². The molecule has 2 aromatic rings. The third kappa shape index (κ3) is 3.23. The van der Waals surface area contributed by atoms with Crippen LogP contribution in [-0.2, 0) is 10.0 Å². The summed E-state index contributed by atoms with van der Waals surface area (Å²) in [4.78, 5) is -0.107. The molecule has 2 rings (SSSR count). The summed E-state index contributed by atoms with van der Waals surface area (Å²) in [6, 6.07) is 7.69. The Kier molecular flexibility index (Phi) is 4.22. The number of sulfonamides is 1. The van der Waals surface area contributed by atoms with E-state index >= 15 is 0 Å². The summed E-state index contributed by atoms with van der Waals surface area (Å²) in [5.41, 5.74) is 6.08. The first kappa shape index (κ1) is 15.1. The number of nitrogens with one attached hydrogen (secondary N) is 1. The van der Waals surface area contributed by atoms with Crippen molar-refractivity contribution in [1.29, 1.82) is 0 Å². The minimum absolute atomic E-state index is 0.00994. The van der Waals surface area contributed by atoms with Gasteiger partial charge < -0.3 is 5.73 Å². The highest BCUT2D eigenvalue weighted by molar-refractivity contribution is 9.10. The molecule has 0 aliphatic heterocycles. The molecule has 20 heavy (non-hydrogen) atoms. The van der Waals surface area contributed by atoms with Crippen molar-refractivity contribution < 1.29 is 12.8 Å². The van der Waals surface area contributed by atoms with Crippen LogP contribution >= 0.6 is 27.5 Å². The zero-order valence-electron chi connectivity index (χ0n) is 9.90. The van der Waals surface area contributed by atoms with Crippen LogP contribution in [0.1, 0.15) is 0 Å². The molecule has 8 heteroatoms. The van der Waals surface area contributed by atoms with Gasteiger partial charge in [-0.3, -0.25) is 4.72 Å². The summed E-state index contributed by atoms with van der Waals surface area (Å²) in [5, 5.41) is 0.00994. The van der Waals surface area contributed by atoms with Gasteiger partial charge >= 0.3 is 0 Å². The Balaban J connectivity index is 2.41. The van der Waals surface area contributed by atoms with Gasteiger partial charge in [0.25, 0.3) is 10.0 Å². The summed E-state index contributed by atoms with van der Waals surface area (Å²) < 4.78 is 40.0. The number of halogens is 3. The summed E-state index contributed by atoms with van der Waals surface area (Å²) in [7, 11) is -3.89. The maximum atomic E-state index is 13.0. The van der Waals surface area contributed by atoms with Crippen LogP contribution in [0.5, 0.6) is 0 Å². The normalized spacial score (nSPS) is 11.3. The standard InChI is InChI=1S/C12H9BrClFN2O2S/c13-9-5-7(15)1-3-11(9)17-20(18,19)12-4-2-8(16)6-10(12)14/h1-6,17H,16H2. The number of benzene rings is 2. The lowest BCUT2D eigenvalue weighted by Crippen LogP contribution is -2.14. The van der Waals surface area contributed by atoms with E-state index in [1.54, 1.807) is 0 Å². The van der Waals surface area contributed by atoms with E-state index in [1.807, 2.05) is 0 Å². The molecule has 4 nitrogen and oxygen atoms in total. The number of nitrogen functional groups attached to an aromatic ring is 1. The van der Waals surface area contributed by atoms with E-state index in [9.17, 15) is 12.8 Å². The van der Waals surface area contributed by atoms with Crippen molar-refractivity contribution in [2.75, 3.05) is 10.5 Å². The van der Waals surface area contributed by atoms with Gasteiger partial charge in [0.05, 0.1) is 10.7 Å². The molecule has 0 aliphatic carbocycles. The van der Waals surface area contributed by atoms with Crippen LogP contribution in [0.25, 0.3) is 0 Å². The highest BCUT2D eigenvalue weighted by Gasteiger charge is 2.19. The Morgan fingerprint density at radius 3 is 2.50 bits per heavy atom. The van der Waals surface area contributed by atoms with Gasteiger partial charge in [0.2, 0.25) is 0 Å². The quantitative estimate of drug-likeness (QED) is 0.800. The zero-order chi connectivity index (χ0) is 14.9. The van der Waals surface area contributed by atoms with Crippen LogP contribution < -0.4 is 10.5 Å². The lowest BCUT2D eigenvalue weighted by molar-refractivity contribution is 0.601. The summed E-state index contributed by atoms with van der Waals surface area (Å²) in [5.74, 6) is -0.481. The van der Waals surface area contributed by atoms with Crippen molar-refractivity contribution in [3.05, 3.63) is 51.7 Å². The van der Waals surface area contributed by atoms with Gasteiger partial charge in [-0.25, -0.2) is 12.8 Å². The lowest BCUT2D eigenvalue weighted by atomic mass is 10.3. The van der Waals surface area contributed by atoms with Gasteiger partial charge in [0.15, 0.2) is 0 Å². The zero-order valence-corrected chi connectivity index (χ0v) is 13.1. The maximum Gasteiger partial charge on any atom is 0.263 e. The fraction of sp³-hybridized carbons (Fsp3) is 0. The predicted molar refractivity (Wildman–Crippen MR) is 80.8 cm³/mol. The number of hydrogen-bond donors (Lipinski definition) is 2. The number of rotatable bonds is 3. The molecule has 2 aromatic carbocycles. The highest BCUT2D eigenvalue weighted by atomic mass is 79.9. The molecule has 0 bridgehead atoms. The Hall–Kier alpha value is -1.31. The van der Waals surface area contributed by atoms with Crippen molar-refractivity contribution in [3.63, 3.8) is 0 Å². The van der Waals surface area contributed by atoms with Crippen LogP contribution in [0, 0.1) is 5.82 Å². The van der Waals surface area contributed by atoms with Gasteiger partial charge in [0, 0.05) is 10.2 Å². The van der Waals surface area contributed by atoms with Gasteiger partial charge in [-0.15, -0.1) is 0 Å². The van der Waals surface area contributed by atoms with Gasteiger partial charge in [-0.1, -0.05) is 11.6 Å². The minimum Gasteiger partial charge on any atom is -0.399 e. The molecular formula is C12H9BrClFN2O2S. The Bertz CT molecular complexity index is 768. The molecule has 0 aliphatic rings. The molecule has 0 unspecified atom stereocenters. The average molecular weight is 380 g/mol. The Labute approximate surface area is 128 Å². The first-order valence-corrected chi connectivity index (χ1v) is 7.98. The molecular weight excluding hydrogens is 371 g/mol. The van der Waals surface area contributed by atoms with Crippen LogP contribution in [0.15, 0.2) is 45.8 Å². The molecule has 0 aromatic heterocycles. The first-order valence-electron chi connectivity index (χ1n) is 5.32. The predicted octanol–water partition coefficient (Wildman–Crippen LogP) is 3.62. The third-order valence-electron chi connectivity index (χ3n) is 2.42. The topological polar surface area (TPSA) is 72.2 Å². The number of anilines is 2. The molecule has 0 amide bonds. The van der Waals surface area contributed by atoms with E-state index in [4.69, 9.17) is 17.3 Å². The molecule has 0 atom stereocenters. The molecule has 0 fully saturated rings. The second-order valence-corrected chi connectivity index (χ2v) is 6.83. The average Bonchev–Trinajstić information content (AvgIpc) is 2.32. The Morgan fingerprint density at radius 2 is 1.90 bits per heavy atom. The largest absolute Gasteiger partial charge is 0.399 e. The number of hydrogen-bond acceptors (Lipinski definition) is 3. The van der Waals surface area contributed by atoms with Gasteiger partial charge in [-0.05, 0) is 52.3 Å². The Morgan fingerprint density at radius 1 is 1.20 bits per heavy atom. The van der Waals surface area contributed by atoms with Crippen LogP contribution in [-0.4, -0.2) is 8.42 Å². The summed E-state index contributed by atoms with van der Waals surface area (Å²) in [6.45, 7) is 0. The van der Waals surface area contributed by atoms with Crippen molar-refractivity contribution >= 4 is 48.9 Å². The highest BCUT2D eigenvalue weighted by Crippen LogP contribution is 2.29. The van der Waals surface area contributed by atoms with E-state index in [0.29, 0.717) is 5.69 Å². The summed E-state index contributed by atoms with van der Waals surface area (Å²) >= 11 is 8.96. The van der Waals surface area contributed by atoms with E-state index in [-0.39, 0.29) is 20.1 Å². The molecule has 0 spiro atoms. The fourth-order valence-corrected chi connectivity index (χ4v) is 3.72. The smallest absolute Gasteiger partial charge is 0.263 e. The monoisotopic (exact) mass is 378 g/mol. The van der Waals surface area contributed by atoms with Crippen molar-refractivity contribution in [3.8, 4) is 0 Å². The third-order valence-corrected chi connectivity index (χ3v) is 4.93. The maximum absolute atomic E-state index is 13.0. The molecule has 3 N–H and O–H groups in total. The minimum atomic E-state index is -3.89. The van der Waals surface area contributed by atoms with Crippen molar-refractivity contribution in [2.45, 2.75) is 4.90 Å².